The fourth-order valence-corrected chi connectivity index (χ4v) is 3.79. The second-order valence-electron chi connectivity index (χ2n) is 7.87. The largest absolute Gasteiger partial charge is 0.494 e. The minimum absolute atomic E-state index is 0.638. The van der Waals surface area contributed by atoms with E-state index >= 15 is 0 Å². The van der Waals surface area contributed by atoms with E-state index in [-0.39, 0.29) is 0 Å². The molecule has 0 aromatic heterocycles. The molecule has 1 aliphatic rings. The van der Waals surface area contributed by atoms with Gasteiger partial charge >= 0.3 is 0 Å². The average Bonchev–Trinajstić information content (AvgIpc) is 2.68. The van der Waals surface area contributed by atoms with Gasteiger partial charge in [0.05, 0.1) is 12.2 Å². The van der Waals surface area contributed by atoms with Gasteiger partial charge in [-0.25, -0.2) is 0 Å². The molecule has 1 N–H and O–H groups in total. The Labute approximate surface area is 158 Å². The molecule has 140 valence electrons. The highest BCUT2D eigenvalue weighted by molar-refractivity contribution is 5.64. The van der Waals surface area contributed by atoms with E-state index in [0.717, 1.165) is 55.9 Å². The molecule has 0 atom stereocenters. The van der Waals surface area contributed by atoms with Crippen LogP contribution in [0.15, 0.2) is 48.5 Å². The SMILES string of the molecule is CCCCCOc1ccc(-c2ccc(C3(O)CCC(C)CC3)cc2)cc1. The Morgan fingerprint density at radius 1 is 0.923 bits per heavy atom. The maximum Gasteiger partial charge on any atom is 0.119 e. The predicted octanol–water partition coefficient (Wildman–Crippen LogP) is 6.32. The molecule has 0 radical (unpaired) electrons. The van der Waals surface area contributed by atoms with Crippen molar-refractivity contribution in [2.24, 2.45) is 5.92 Å². The number of benzene rings is 2. The Hall–Kier alpha value is -1.80. The van der Waals surface area contributed by atoms with Gasteiger partial charge in [0.1, 0.15) is 5.75 Å². The van der Waals surface area contributed by atoms with Gasteiger partial charge in [-0.2, -0.15) is 0 Å². The summed E-state index contributed by atoms with van der Waals surface area (Å²) in [6, 6.07) is 16.8. The molecule has 3 rings (SSSR count). The topological polar surface area (TPSA) is 29.5 Å². The summed E-state index contributed by atoms with van der Waals surface area (Å²) in [5, 5.41) is 11.0. The van der Waals surface area contributed by atoms with E-state index in [1.54, 1.807) is 0 Å². The van der Waals surface area contributed by atoms with Crippen molar-refractivity contribution in [1.29, 1.82) is 0 Å². The van der Waals surface area contributed by atoms with Crippen molar-refractivity contribution in [1.82, 2.24) is 0 Å². The van der Waals surface area contributed by atoms with Crippen LogP contribution in [0, 0.1) is 5.92 Å². The van der Waals surface area contributed by atoms with Crippen LogP contribution >= 0.6 is 0 Å². The molecular formula is C24H32O2. The first-order valence-electron chi connectivity index (χ1n) is 10.2. The van der Waals surface area contributed by atoms with Crippen LogP contribution in [-0.2, 0) is 5.60 Å². The van der Waals surface area contributed by atoms with E-state index in [2.05, 4.69) is 50.2 Å². The van der Waals surface area contributed by atoms with Crippen LogP contribution in [0.4, 0.5) is 0 Å². The summed E-state index contributed by atoms with van der Waals surface area (Å²) in [5.74, 6) is 1.67. The molecule has 1 aliphatic carbocycles. The quantitative estimate of drug-likeness (QED) is 0.591. The van der Waals surface area contributed by atoms with Crippen molar-refractivity contribution in [2.45, 2.75) is 64.4 Å². The molecule has 0 aliphatic heterocycles. The molecule has 0 unspecified atom stereocenters. The molecule has 26 heavy (non-hydrogen) atoms. The summed E-state index contributed by atoms with van der Waals surface area (Å²) in [4.78, 5) is 0. The standard InChI is InChI=1S/C24H32O2/c1-3-4-5-18-26-23-12-8-21(9-13-23)20-6-10-22(11-7-20)24(25)16-14-19(2)15-17-24/h6-13,19,25H,3-5,14-18H2,1-2H3. The first kappa shape index (κ1) is 19.0. The summed E-state index contributed by atoms with van der Waals surface area (Å²) in [6.45, 7) is 5.27. The molecule has 0 heterocycles. The summed E-state index contributed by atoms with van der Waals surface area (Å²) in [7, 11) is 0. The Bertz CT molecular complexity index is 664. The number of rotatable bonds is 7. The molecule has 2 nitrogen and oxygen atoms in total. The normalized spacial score (nSPS) is 23.0. The van der Waals surface area contributed by atoms with Crippen LogP contribution < -0.4 is 4.74 Å². The first-order chi connectivity index (χ1) is 12.6. The van der Waals surface area contributed by atoms with Crippen molar-refractivity contribution in [3.8, 4) is 16.9 Å². The summed E-state index contributed by atoms with van der Waals surface area (Å²) >= 11 is 0. The molecule has 0 saturated heterocycles. The van der Waals surface area contributed by atoms with Crippen LogP contribution in [0.25, 0.3) is 11.1 Å². The average molecular weight is 353 g/mol. The highest BCUT2D eigenvalue weighted by atomic mass is 16.5. The Morgan fingerprint density at radius 2 is 1.50 bits per heavy atom. The minimum Gasteiger partial charge on any atom is -0.494 e. The number of unbranched alkanes of at least 4 members (excludes halogenated alkanes) is 2. The lowest BCUT2D eigenvalue weighted by Crippen LogP contribution is -2.30. The van der Waals surface area contributed by atoms with Crippen LogP contribution in [0.5, 0.6) is 5.75 Å². The van der Waals surface area contributed by atoms with E-state index < -0.39 is 5.60 Å². The van der Waals surface area contributed by atoms with Gasteiger partial charge in [0.25, 0.3) is 0 Å². The maximum atomic E-state index is 11.0. The van der Waals surface area contributed by atoms with Gasteiger partial charge < -0.3 is 9.84 Å². The highest BCUT2D eigenvalue weighted by Gasteiger charge is 2.33. The summed E-state index contributed by atoms with van der Waals surface area (Å²) in [6.07, 6.45) is 7.51. The van der Waals surface area contributed by atoms with Gasteiger partial charge in [-0.15, -0.1) is 0 Å². The van der Waals surface area contributed by atoms with Gasteiger partial charge in [0, 0.05) is 0 Å². The molecule has 2 heteroatoms. The van der Waals surface area contributed by atoms with Crippen LogP contribution in [0.2, 0.25) is 0 Å². The van der Waals surface area contributed by atoms with Gasteiger partial charge in [-0.3, -0.25) is 0 Å². The molecular weight excluding hydrogens is 320 g/mol. The van der Waals surface area contributed by atoms with E-state index in [1.165, 1.54) is 24.0 Å². The predicted molar refractivity (Wildman–Crippen MR) is 108 cm³/mol. The van der Waals surface area contributed by atoms with Crippen LogP contribution in [0.3, 0.4) is 0 Å². The fourth-order valence-electron chi connectivity index (χ4n) is 3.79. The lowest BCUT2D eigenvalue weighted by molar-refractivity contribution is -0.0120. The van der Waals surface area contributed by atoms with Crippen molar-refractivity contribution in [3.05, 3.63) is 54.1 Å². The Morgan fingerprint density at radius 3 is 2.08 bits per heavy atom. The van der Waals surface area contributed by atoms with Gasteiger partial charge in [0.15, 0.2) is 0 Å². The van der Waals surface area contributed by atoms with Gasteiger partial charge in [0.2, 0.25) is 0 Å². The van der Waals surface area contributed by atoms with Crippen molar-refractivity contribution >= 4 is 0 Å². The second-order valence-corrected chi connectivity index (χ2v) is 7.87. The van der Waals surface area contributed by atoms with E-state index in [1.807, 2.05) is 12.1 Å². The van der Waals surface area contributed by atoms with Crippen LogP contribution in [0.1, 0.15) is 64.4 Å². The fraction of sp³-hybridized carbons (Fsp3) is 0.500. The number of aliphatic hydroxyl groups is 1. The molecule has 0 amide bonds. The first-order valence-corrected chi connectivity index (χ1v) is 10.2. The number of hydrogen-bond acceptors (Lipinski definition) is 2. The number of hydrogen-bond donors (Lipinski definition) is 1. The molecule has 1 saturated carbocycles. The monoisotopic (exact) mass is 352 g/mol. The zero-order chi connectivity index (χ0) is 18.4. The molecule has 0 spiro atoms. The zero-order valence-electron chi connectivity index (χ0n) is 16.2. The highest BCUT2D eigenvalue weighted by Crippen LogP contribution is 2.39. The van der Waals surface area contributed by atoms with Crippen LogP contribution in [-0.4, -0.2) is 11.7 Å². The third-order valence-corrected chi connectivity index (χ3v) is 5.73. The van der Waals surface area contributed by atoms with Gasteiger partial charge in [-0.1, -0.05) is 63.1 Å². The molecule has 2 aromatic carbocycles. The van der Waals surface area contributed by atoms with Crippen molar-refractivity contribution < 1.29 is 9.84 Å². The Kier molecular flexibility index (Phi) is 6.37. The van der Waals surface area contributed by atoms with Gasteiger partial charge in [-0.05, 0) is 66.8 Å². The maximum absolute atomic E-state index is 11.0. The zero-order valence-corrected chi connectivity index (χ0v) is 16.2. The third-order valence-electron chi connectivity index (χ3n) is 5.73. The molecule has 1 fully saturated rings. The Balaban J connectivity index is 1.63. The van der Waals surface area contributed by atoms with E-state index in [0.29, 0.717) is 0 Å². The van der Waals surface area contributed by atoms with E-state index in [9.17, 15) is 5.11 Å². The van der Waals surface area contributed by atoms with Crippen molar-refractivity contribution in [3.63, 3.8) is 0 Å². The van der Waals surface area contributed by atoms with Crippen molar-refractivity contribution in [2.75, 3.05) is 6.61 Å². The third kappa shape index (κ3) is 4.67. The summed E-state index contributed by atoms with van der Waals surface area (Å²) in [5.41, 5.74) is 2.78. The molecule has 0 bridgehead atoms. The molecule has 2 aromatic rings. The van der Waals surface area contributed by atoms with E-state index in [4.69, 9.17) is 4.74 Å². The second kappa shape index (κ2) is 8.73. The lowest BCUT2D eigenvalue weighted by Gasteiger charge is -2.35. The summed E-state index contributed by atoms with van der Waals surface area (Å²) < 4.78 is 5.79. The smallest absolute Gasteiger partial charge is 0.119 e. The minimum atomic E-state index is -0.638. The number of ether oxygens (including phenoxy) is 1. The lowest BCUT2D eigenvalue weighted by atomic mass is 9.75.